The van der Waals surface area contributed by atoms with Crippen molar-refractivity contribution < 1.29 is 28.2 Å². The Bertz CT molecular complexity index is 1910. The van der Waals surface area contributed by atoms with Gasteiger partial charge < -0.3 is 26.2 Å². The van der Waals surface area contributed by atoms with Gasteiger partial charge >= 0.3 is 6.18 Å². The monoisotopic (exact) mass is 600 g/mol. The molecule has 1 aliphatic rings. The molecule has 44 heavy (non-hydrogen) atoms. The van der Waals surface area contributed by atoms with E-state index in [1.807, 2.05) is 11.8 Å². The third-order valence-electron chi connectivity index (χ3n) is 7.62. The Morgan fingerprint density at radius 2 is 1.89 bits per heavy atom. The van der Waals surface area contributed by atoms with E-state index < -0.39 is 23.8 Å². The number of nitrogen functional groups attached to an aromatic ring is 1. The summed E-state index contributed by atoms with van der Waals surface area (Å²) in [6.45, 7) is 2.89. The summed E-state index contributed by atoms with van der Waals surface area (Å²) in [7, 11) is 0. The highest BCUT2D eigenvalue weighted by Gasteiger charge is 2.30. The average Bonchev–Trinajstić information content (AvgIpc) is 3.43. The quantitative estimate of drug-likeness (QED) is 0.199. The zero-order chi connectivity index (χ0) is 31.2. The van der Waals surface area contributed by atoms with Gasteiger partial charge in [0.25, 0.3) is 5.91 Å². The summed E-state index contributed by atoms with van der Waals surface area (Å²) >= 11 is 0. The fourth-order valence-corrected chi connectivity index (χ4v) is 5.39. The summed E-state index contributed by atoms with van der Waals surface area (Å²) in [6, 6.07) is 14.5. The van der Waals surface area contributed by atoms with Crippen molar-refractivity contribution in [3.63, 3.8) is 0 Å². The molecule has 0 aliphatic carbocycles. The lowest BCUT2D eigenvalue weighted by Gasteiger charge is -2.19. The van der Waals surface area contributed by atoms with Gasteiger partial charge in [-0.05, 0) is 78.6 Å². The zero-order valence-corrected chi connectivity index (χ0v) is 23.4. The number of β-amino-alcohol motifs (C(OH)–C–C–N with tert-alkyl or cyclic N) is 1. The van der Waals surface area contributed by atoms with E-state index in [1.54, 1.807) is 48.8 Å². The minimum absolute atomic E-state index is 0.00321. The molecule has 1 saturated heterocycles. The molecule has 3 heterocycles. The molecule has 1 aliphatic heterocycles. The van der Waals surface area contributed by atoms with Crippen molar-refractivity contribution in [3.8, 4) is 28.0 Å². The maximum Gasteiger partial charge on any atom is 0.416 e. The molecule has 9 nitrogen and oxygen atoms in total. The molecule has 0 bridgehead atoms. The first-order chi connectivity index (χ1) is 21.0. The lowest BCUT2D eigenvalue weighted by molar-refractivity contribution is -0.137. The van der Waals surface area contributed by atoms with Crippen LogP contribution < -0.4 is 16.0 Å². The molecular formula is C32H27F3N6O3. The first kappa shape index (κ1) is 28.9. The zero-order valence-electron chi connectivity index (χ0n) is 23.4. The van der Waals surface area contributed by atoms with Crippen molar-refractivity contribution in [2.45, 2.75) is 25.6 Å². The number of hydrogen-bond donors (Lipinski definition) is 4. The number of aromatic hydroxyl groups is 1. The number of rotatable bonds is 5. The van der Waals surface area contributed by atoms with Gasteiger partial charge in [0.15, 0.2) is 0 Å². The molecule has 0 spiro atoms. The van der Waals surface area contributed by atoms with Crippen molar-refractivity contribution in [1.82, 2.24) is 15.0 Å². The molecular weight excluding hydrogens is 573 g/mol. The van der Waals surface area contributed by atoms with E-state index in [1.165, 1.54) is 12.1 Å². The number of aliphatic hydroxyl groups excluding tert-OH is 1. The largest absolute Gasteiger partial charge is 0.507 e. The van der Waals surface area contributed by atoms with Crippen LogP contribution in [-0.2, 0) is 6.18 Å². The second-order valence-corrected chi connectivity index (χ2v) is 10.7. The number of alkyl halides is 3. The number of carbonyl (C=O) groups excluding carboxylic acids is 1. The number of nitrogens with two attached hydrogens (primary N) is 1. The first-order valence-electron chi connectivity index (χ1n) is 13.7. The maximum atomic E-state index is 13.2. The molecule has 2 aromatic heterocycles. The van der Waals surface area contributed by atoms with Crippen molar-refractivity contribution in [1.29, 1.82) is 0 Å². The van der Waals surface area contributed by atoms with Crippen molar-refractivity contribution >= 4 is 34.3 Å². The minimum Gasteiger partial charge on any atom is -0.507 e. The Morgan fingerprint density at radius 1 is 1.07 bits per heavy atom. The number of phenols is 1. The molecule has 6 rings (SSSR count). The number of anilines is 3. The second-order valence-electron chi connectivity index (χ2n) is 10.7. The Labute approximate surface area is 249 Å². The molecule has 224 valence electrons. The number of benzene rings is 3. The van der Waals surface area contributed by atoms with Gasteiger partial charge in [-0.3, -0.25) is 4.79 Å². The van der Waals surface area contributed by atoms with Gasteiger partial charge in [0.2, 0.25) is 5.95 Å². The van der Waals surface area contributed by atoms with E-state index >= 15 is 0 Å². The molecule has 5 aromatic rings. The van der Waals surface area contributed by atoms with Crippen molar-refractivity contribution in [2.75, 3.05) is 29.0 Å². The number of phenolic OH excluding ortho intramolecular Hbond substituents is 1. The predicted molar refractivity (Wildman–Crippen MR) is 161 cm³/mol. The van der Waals surface area contributed by atoms with Crippen LogP contribution in [0.1, 0.15) is 27.9 Å². The fourth-order valence-electron chi connectivity index (χ4n) is 5.39. The first-order valence-corrected chi connectivity index (χ1v) is 13.7. The predicted octanol–water partition coefficient (Wildman–Crippen LogP) is 5.80. The number of nitrogens with one attached hydrogen (secondary N) is 1. The van der Waals surface area contributed by atoms with E-state index in [2.05, 4.69) is 20.3 Å². The van der Waals surface area contributed by atoms with Crippen LogP contribution in [0.15, 0.2) is 73.1 Å². The third-order valence-corrected chi connectivity index (χ3v) is 7.62. The Kier molecular flexibility index (Phi) is 7.30. The summed E-state index contributed by atoms with van der Waals surface area (Å²) in [6.07, 6.45) is -1.23. The highest BCUT2D eigenvalue weighted by atomic mass is 19.4. The van der Waals surface area contributed by atoms with Crippen LogP contribution in [0.4, 0.5) is 30.6 Å². The van der Waals surface area contributed by atoms with Gasteiger partial charge in [0, 0.05) is 47.7 Å². The number of aryl methyl sites for hydroxylation is 1. The standard InChI is InChI=1S/C32H27F3N6O3/c1-17-5-6-19(30(44)39-22-4-2-3-21(14-22)32(33,34)35)11-24(17)25-12-20-15-38-31(36)40-28(20)27(29(25)43)18-7-9-37-26(13-18)41-10-8-23(42)16-41/h2-7,9,11-15,23,42-43H,8,10,16H2,1H3,(H,39,44)(H2,36,38,40). The second kappa shape index (κ2) is 11.1. The van der Waals surface area contributed by atoms with Gasteiger partial charge in [-0.1, -0.05) is 12.1 Å². The summed E-state index contributed by atoms with van der Waals surface area (Å²) in [5.74, 6) is -0.0859. The molecule has 1 unspecified atom stereocenters. The molecule has 3 aromatic carbocycles. The van der Waals surface area contributed by atoms with E-state index in [4.69, 9.17) is 5.73 Å². The summed E-state index contributed by atoms with van der Waals surface area (Å²) in [4.78, 5) is 28.1. The van der Waals surface area contributed by atoms with Crippen LogP contribution in [0.5, 0.6) is 5.75 Å². The van der Waals surface area contributed by atoms with E-state index in [9.17, 15) is 28.2 Å². The lowest BCUT2D eigenvalue weighted by Crippen LogP contribution is -2.22. The van der Waals surface area contributed by atoms with Crippen LogP contribution in [0.25, 0.3) is 33.2 Å². The van der Waals surface area contributed by atoms with Crippen LogP contribution in [-0.4, -0.2) is 50.3 Å². The van der Waals surface area contributed by atoms with Gasteiger partial charge in [0.1, 0.15) is 11.6 Å². The molecule has 1 amide bonds. The molecule has 12 heteroatoms. The summed E-state index contributed by atoms with van der Waals surface area (Å²) < 4.78 is 39.6. The average molecular weight is 601 g/mol. The number of halogens is 3. The SMILES string of the molecule is Cc1ccc(C(=O)Nc2cccc(C(F)(F)F)c2)cc1-c1cc2cnc(N)nc2c(-c2ccnc(N3CCC(O)C3)c2)c1O. The number of aromatic nitrogens is 3. The molecule has 5 N–H and O–H groups in total. The van der Waals surface area contributed by atoms with Gasteiger partial charge in [-0.25, -0.2) is 15.0 Å². The number of nitrogens with zero attached hydrogens (tertiary/aromatic N) is 4. The van der Waals surface area contributed by atoms with Gasteiger partial charge in [-0.2, -0.15) is 13.2 Å². The van der Waals surface area contributed by atoms with Crippen LogP contribution in [0, 0.1) is 6.92 Å². The van der Waals surface area contributed by atoms with E-state index in [0.717, 1.165) is 17.7 Å². The molecule has 1 fully saturated rings. The number of fused-ring (bicyclic) bond motifs is 1. The number of pyridine rings is 1. The Hall–Kier alpha value is -5.23. The topological polar surface area (TPSA) is 137 Å². The van der Waals surface area contributed by atoms with E-state index in [-0.39, 0.29) is 22.9 Å². The molecule has 0 radical (unpaired) electrons. The van der Waals surface area contributed by atoms with Crippen LogP contribution in [0.3, 0.4) is 0 Å². The Morgan fingerprint density at radius 3 is 2.64 bits per heavy atom. The van der Waals surface area contributed by atoms with Gasteiger partial charge in [0.05, 0.1) is 22.7 Å². The minimum atomic E-state index is -4.55. The normalized spacial score (nSPS) is 15.1. The molecule has 1 atom stereocenters. The van der Waals surface area contributed by atoms with Crippen LogP contribution in [0.2, 0.25) is 0 Å². The van der Waals surface area contributed by atoms with E-state index in [0.29, 0.717) is 58.5 Å². The highest BCUT2D eigenvalue weighted by molar-refractivity contribution is 6.06. The summed E-state index contributed by atoms with van der Waals surface area (Å²) in [5, 5.41) is 24.9. The number of hydrogen-bond acceptors (Lipinski definition) is 8. The maximum absolute atomic E-state index is 13.2. The summed E-state index contributed by atoms with van der Waals surface area (Å²) in [5.41, 5.74) is 8.28. The third kappa shape index (κ3) is 5.59. The van der Waals surface area contributed by atoms with Crippen LogP contribution >= 0.6 is 0 Å². The number of amides is 1. The lowest BCUT2D eigenvalue weighted by atomic mass is 9.91. The number of aliphatic hydroxyl groups is 1. The highest BCUT2D eigenvalue weighted by Crippen LogP contribution is 2.44. The van der Waals surface area contributed by atoms with Gasteiger partial charge in [-0.15, -0.1) is 0 Å². The smallest absolute Gasteiger partial charge is 0.416 e. The van der Waals surface area contributed by atoms with Crippen molar-refractivity contribution in [2.24, 2.45) is 0 Å². The van der Waals surface area contributed by atoms with Crippen molar-refractivity contribution in [3.05, 3.63) is 89.7 Å². The Balaban J connectivity index is 1.44. The number of carbonyl (C=O) groups is 1. The molecule has 0 saturated carbocycles. The fraction of sp³-hybridized carbons (Fsp3) is 0.188.